The van der Waals surface area contributed by atoms with E-state index >= 15 is 0 Å². The number of hydrogen-bond donors (Lipinski definition) is 1. The molecule has 0 atom stereocenters. The van der Waals surface area contributed by atoms with Crippen molar-refractivity contribution in [1.82, 2.24) is 4.98 Å². The van der Waals surface area contributed by atoms with Crippen LogP contribution in [-0.4, -0.2) is 36.0 Å². The number of fused-ring (bicyclic) bond motifs is 1. The van der Waals surface area contributed by atoms with E-state index in [0.717, 1.165) is 0 Å². The molecule has 0 fully saturated rings. The minimum Gasteiger partial charge on any atom is -0.462 e. The van der Waals surface area contributed by atoms with Crippen LogP contribution >= 0.6 is 0 Å². The van der Waals surface area contributed by atoms with Crippen LogP contribution in [0.25, 0.3) is 10.9 Å². The van der Waals surface area contributed by atoms with Gasteiger partial charge in [-0.2, -0.15) is 0 Å². The van der Waals surface area contributed by atoms with Crippen LogP contribution in [-0.2, 0) is 14.3 Å². The highest BCUT2D eigenvalue weighted by Gasteiger charge is 2.17. The Bertz CT molecular complexity index is 1080. The van der Waals surface area contributed by atoms with Gasteiger partial charge in [0.2, 0.25) is 0 Å². The van der Waals surface area contributed by atoms with Crippen molar-refractivity contribution in [1.29, 1.82) is 0 Å². The van der Waals surface area contributed by atoms with Gasteiger partial charge in [-0.15, -0.1) is 0 Å². The van der Waals surface area contributed by atoms with E-state index in [1.165, 1.54) is 0 Å². The Morgan fingerprint density at radius 3 is 2.41 bits per heavy atom. The summed E-state index contributed by atoms with van der Waals surface area (Å²) in [5.74, 6) is -1.73. The van der Waals surface area contributed by atoms with Gasteiger partial charge in [0.1, 0.15) is 0 Å². The molecule has 3 aromatic rings. The first-order valence-corrected chi connectivity index (χ1v) is 9.09. The molecule has 2 aromatic carbocycles. The normalized spacial score (nSPS) is 10.4. The predicted octanol–water partition coefficient (Wildman–Crippen LogP) is 3.52. The summed E-state index contributed by atoms with van der Waals surface area (Å²) in [6.07, 6.45) is 0. The number of ether oxygens (including phenoxy) is 2. The van der Waals surface area contributed by atoms with Crippen LogP contribution in [0.1, 0.15) is 33.3 Å². The molecule has 0 saturated heterocycles. The number of hydrogen-bond acceptors (Lipinski definition) is 6. The monoisotopic (exact) mass is 392 g/mol. The summed E-state index contributed by atoms with van der Waals surface area (Å²) in [6.45, 7) is 3.20. The summed E-state index contributed by atoms with van der Waals surface area (Å²) < 4.78 is 10.2. The summed E-state index contributed by atoms with van der Waals surface area (Å²) in [5, 5.41) is 3.23. The number of nitrogens with one attached hydrogen (secondary N) is 1. The number of rotatable bonds is 6. The lowest BCUT2D eigenvalue weighted by Gasteiger charge is -2.11. The summed E-state index contributed by atoms with van der Waals surface area (Å²) in [7, 11) is 0. The fourth-order valence-corrected chi connectivity index (χ4v) is 2.85. The van der Waals surface area contributed by atoms with E-state index in [1.54, 1.807) is 62.4 Å². The van der Waals surface area contributed by atoms with Crippen LogP contribution < -0.4 is 5.32 Å². The molecule has 0 bridgehead atoms. The zero-order valence-electron chi connectivity index (χ0n) is 16.1. The maximum atomic E-state index is 12.5. The van der Waals surface area contributed by atoms with Gasteiger partial charge >= 0.3 is 11.9 Å². The zero-order chi connectivity index (χ0) is 20.8. The van der Waals surface area contributed by atoms with E-state index in [1.807, 2.05) is 6.07 Å². The standard InChI is InChI=1S/C22H20N2O5/c1-3-28-21(26)16-9-5-7-11-19(16)24-20(25)13-29-22(27)17-12-14(2)23-18-10-6-4-8-15(17)18/h4-12H,3,13H2,1-2H3,(H,24,25). The summed E-state index contributed by atoms with van der Waals surface area (Å²) in [6, 6.07) is 15.3. The van der Waals surface area contributed by atoms with Crippen LogP contribution in [0.15, 0.2) is 54.6 Å². The van der Waals surface area contributed by atoms with E-state index in [0.29, 0.717) is 22.2 Å². The number of amides is 1. The number of benzene rings is 2. The van der Waals surface area contributed by atoms with Gasteiger partial charge < -0.3 is 14.8 Å². The Kier molecular flexibility index (Phi) is 6.19. The molecule has 1 heterocycles. The van der Waals surface area contributed by atoms with Crippen molar-refractivity contribution in [3.8, 4) is 0 Å². The van der Waals surface area contributed by atoms with Crippen molar-refractivity contribution in [3.05, 3.63) is 71.4 Å². The van der Waals surface area contributed by atoms with Gasteiger partial charge in [0, 0.05) is 11.1 Å². The molecule has 148 valence electrons. The fraction of sp³-hybridized carbons (Fsp3) is 0.182. The summed E-state index contributed by atoms with van der Waals surface area (Å²) >= 11 is 0. The molecule has 0 spiro atoms. The molecule has 1 amide bonds. The molecule has 3 rings (SSSR count). The maximum absolute atomic E-state index is 12.5. The summed E-state index contributed by atoms with van der Waals surface area (Å²) in [4.78, 5) is 41.2. The molecule has 0 aliphatic carbocycles. The van der Waals surface area contributed by atoms with Crippen molar-refractivity contribution in [2.75, 3.05) is 18.5 Å². The lowest BCUT2D eigenvalue weighted by atomic mass is 10.1. The average molecular weight is 392 g/mol. The van der Waals surface area contributed by atoms with Crippen LogP contribution in [0, 0.1) is 6.92 Å². The quantitative estimate of drug-likeness (QED) is 0.645. The Labute approximate surface area is 167 Å². The van der Waals surface area contributed by atoms with Gasteiger partial charge in [-0.25, -0.2) is 9.59 Å². The third-order valence-corrected chi connectivity index (χ3v) is 4.10. The first-order chi connectivity index (χ1) is 14.0. The minimum absolute atomic E-state index is 0.220. The third-order valence-electron chi connectivity index (χ3n) is 4.10. The largest absolute Gasteiger partial charge is 0.462 e. The van der Waals surface area contributed by atoms with Gasteiger partial charge in [-0.1, -0.05) is 30.3 Å². The van der Waals surface area contributed by atoms with Gasteiger partial charge in [0.05, 0.1) is 28.9 Å². The van der Waals surface area contributed by atoms with Crippen molar-refractivity contribution in [3.63, 3.8) is 0 Å². The Hall–Kier alpha value is -3.74. The molecule has 1 aromatic heterocycles. The molecule has 0 saturated carbocycles. The number of carbonyl (C=O) groups excluding carboxylic acids is 3. The highest BCUT2D eigenvalue weighted by Crippen LogP contribution is 2.19. The number of esters is 2. The third kappa shape index (κ3) is 4.76. The molecule has 0 aliphatic rings. The zero-order valence-corrected chi connectivity index (χ0v) is 16.1. The lowest BCUT2D eigenvalue weighted by Crippen LogP contribution is -2.22. The summed E-state index contributed by atoms with van der Waals surface area (Å²) in [5.41, 5.74) is 2.20. The van der Waals surface area contributed by atoms with Crippen molar-refractivity contribution >= 4 is 34.4 Å². The number of nitrogens with zero attached hydrogens (tertiary/aromatic N) is 1. The number of para-hydroxylation sites is 2. The average Bonchev–Trinajstić information content (AvgIpc) is 2.72. The first kappa shape index (κ1) is 20.0. The molecule has 7 heteroatoms. The van der Waals surface area contributed by atoms with Crippen molar-refractivity contribution in [2.45, 2.75) is 13.8 Å². The van der Waals surface area contributed by atoms with E-state index in [9.17, 15) is 14.4 Å². The van der Waals surface area contributed by atoms with Gasteiger partial charge in [-0.3, -0.25) is 9.78 Å². The molecule has 7 nitrogen and oxygen atoms in total. The van der Waals surface area contributed by atoms with E-state index in [2.05, 4.69) is 10.3 Å². The molecule has 0 radical (unpaired) electrons. The highest BCUT2D eigenvalue weighted by atomic mass is 16.5. The van der Waals surface area contributed by atoms with E-state index < -0.39 is 24.5 Å². The number of carbonyl (C=O) groups is 3. The minimum atomic E-state index is -0.625. The van der Waals surface area contributed by atoms with Crippen LogP contribution in [0.3, 0.4) is 0 Å². The second-order valence-electron chi connectivity index (χ2n) is 6.22. The second kappa shape index (κ2) is 8.97. The van der Waals surface area contributed by atoms with Gasteiger partial charge in [0.25, 0.3) is 5.91 Å². The van der Waals surface area contributed by atoms with Gasteiger partial charge in [0.15, 0.2) is 6.61 Å². The van der Waals surface area contributed by atoms with Crippen molar-refractivity contribution in [2.24, 2.45) is 0 Å². The van der Waals surface area contributed by atoms with Crippen LogP contribution in [0.4, 0.5) is 5.69 Å². The second-order valence-corrected chi connectivity index (χ2v) is 6.22. The van der Waals surface area contributed by atoms with E-state index in [-0.39, 0.29) is 17.9 Å². The molecule has 1 N–H and O–H groups in total. The number of pyridine rings is 1. The first-order valence-electron chi connectivity index (χ1n) is 9.09. The number of aryl methyl sites for hydroxylation is 1. The van der Waals surface area contributed by atoms with Crippen LogP contribution in [0.2, 0.25) is 0 Å². The molecular weight excluding hydrogens is 372 g/mol. The smallest absolute Gasteiger partial charge is 0.340 e. The lowest BCUT2D eigenvalue weighted by molar-refractivity contribution is -0.119. The van der Waals surface area contributed by atoms with Crippen LogP contribution in [0.5, 0.6) is 0 Å². The molecule has 0 aliphatic heterocycles. The van der Waals surface area contributed by atoms with Crippen molar-refractivity contribution < 1.29 is 23.9 Å². The molecular formula is C22H20N2O5. The fourth-order valence-electron chi connectivity index (χ4n) is 2.85. The van der Waals surface area contributed by atoms with Gasteiger partial charge in [-0.05, 0) is 38.1 Å². The molecule has 0 unspecified atom stereocenters. The Morgan fingerprint density at radius 1 is 0.931 bits per heavy atom. The van der Waals surface area contributed by atoms with E-state index in [4.69, 9.17) is 9.47 Å². The topological polar surface area (TPSA) is 94.6 Å². The maximum Gasteiger partial charge on any atom is 0.340 e. The molecule has 29 heavy (non-hydrogen) atoms. The Morgan fingerprint density at radius 2 is 1.62 bits per heavy atom. The Balaban J connectivity index is 1.70. The predicted molar refractivity (Wildman–Crippen MR) is 108 cm³/mol. The number of aromatic nitrogens is 1. The highest BCUT2D eigenvalue weighted by molar-refractivity contribution is 6.05. The number of anilines is 1. The SMILES string of the molecule is CCOC(=O)c1ccccc1NC(=O)COC(=O)c1cc(C)nc2ccccc12.